The maximum atomic E-state index is 14.2. The Morgan fingerprint density at radius 2 is 2.04 bits per heavy atom. The summed E-state index contributed by atoms with van der Waals surface area (Å²) in [6, 6.07) is 3.84. The fraction of sp³-hybridized carbons (Fsp3) is 0.235. The molecule has 0 atom stereocenters. The van der Waals surface area contributed by atoms with Crippen LogP contribution in [-0.4, -0.2) is 28.4 Å². The summed E-state index contributed by atoms with van der Waals surface area (Å²) in [6.45, 7) is 2.62. The summed E-state index contributed by atoms with van der Waals surface area (Å²) in [6.07, 6.45) is 1.55. The number of nitrogens with two attached hydrogens (primary N) is 2. The molecule has 8 heteroatoms. The van der Waals surface area contributed by atoms with E-state index in [1.54, 1.807) is 6.07 Å². The number of nitrogens with zero attached hydrogens (tertiary/aromatic N) is 3. The minimum atomic E-state index is -0.751. The minimum absolute atomic E-state index is 0.0498. The highest BCUT2D eigenvalue weighted by molar-refractivity contribution is 5.90. The van der Waals surface area contributed by atoms with E-state index >= 15 is 0 Å². The van der Waals surface area contributed by atoms with Crippen LogP contribution in [-0.2, 0) is 13.0 Å². The van der Waals surface area contributed by atoms with Crippen LogP contribution in [0.4, 0.5) is 13.6 Å². The first-order valence-electron chi connectivity index (χ1n) is 7.68. The van der Waals surface area contributed by atoms with Gasteiger partial charge in [0.2, 0.25) is 0 Å². The van der Waals surface area contributed by atoms with Gasteiger partial charge in [0.05, 0.1) is 6.20 Å². The first-order chi connectivity index (χ1) is 11.9. The standard InChI is InChI=1S/C17H17F2N5O/c1-9-2-3-12(15-14(19)6-10(18)7-22-15)13-8-24(5-4-11(9)13)17(25)23-16(20)21/h2-3,6-7H,4-5,8H2,1H3,(H4,20,21,23,25). The summed E-state index contributed by atoms with van der Waals surface area (Å²) in [5.41, 5.74) is 13.9. The van der Waals surface area contributed by atoms with E-state index in [-0.39, 0.29) is 18.2 Å². The monoisotopic (exact) mass is 345 g/mol. The van der Waals surface area contributed by atoms with Crippen LogP contribution in [0.2, 0.25) is 0 Å². The van der Waals surface area contributed by atoms with Gasteiger partial charge in [0, 0.05) is 24.7 Å². The molecular weight excluding hydrogens is 328 g/mol. The van der Waals surface area contributed by atoms with Crippen molar-refractivity contribution in [1.82, 2.24) is 9.88 Å². The Labute approximate surface area is 143 Å². The van der Waals surface area contributed by atoms with Gasteiger partial charge in [-0.3, -0.25) is 4.98 Å². The van der Waals surface area contributed by atoms with Crippen LogP contribution < -0.4 is 11.5 Å². The highest BCUT2D eigenvalue weighted by Gasteiger charge is 2.25. The van der Waals surface area contributed by atoms with Gasteiger partial charge in [0.25, 0.3) is 0 Å². The second-order valence-corrected chi connectivity index (χ2v) is 5.86. The number of hydrogen-bond donors (Lipinski definition) is 2. The lowest BCUT2D eigenvalue weighted by molar-refractivity contribution is 0.202. The topological polar surface area (TPSA) is 97.6 Å². The molecule has 130 valence electrons. The Morgan fingerprint density at radius 1 is 1.28 bits per heavy atom. The minimum Gasteiger partial charge on any atom is -0.370 e. The fourth-order valence-corrected chi connectivity index (χ4v) is 3.03. The molecule has 0 saturated carbocycles. The van der Waals surface area contributed by atoms with Crippen LogP contribution >= 0.6 is 0 Å². The van der Waals surface area contributed by atoms with Crippen LogP contribution in [0, 0.1) is 18.6 Å². The highest BCUT2D eigenvalue weighted by atomic mass is 19.1. The van der Waals surface area contributed by atoms with Crippen molar-refractivity contribution in [3.05, 3.63) is 52.7 Å². The van der Waals surface area contributed by atoms with Gasteiger partial charge in [0.1, 0.15) is 11.5 Å². The molecule has 6 nitrogen and oxygen atoms in total. The summed E-state index contributed by atoms with van der Waals surface area (Å²) in [7, 11) is 0. The molecule has 0 bridgehead atoms. The zero-order chi connectivity index (χ0) is 18.1. The number of hydrogen-bond acceptors (Lipinski definition) is 2. The van der Waals surface area contributed by atoms with Crippen molar-refractivity contribution >= 4 is 12.0 Å². The molecule has 2 aromatic rings. The molecule has 1 aliphatic rings. The number of amides is 2. The van der Waals surface area contributed by atoms with Crippen molar-refractivity contribution in [2.75, 3.05) is 6.54 Å². The van der Waals surface area contributed by atoms with Gasteiger partial charge in [-0.2, -0.15) is 4.99 Å². The van der Waals surface area contributed by atoms with Crippen LogP contribution in [0.25, 0.3) is 11.3 Å². The zero-order valence-corrected chi connectivity index (χ0v) is 13.6. The van der Waals surface area contributed by atoms with Crippen LogP contribution in [0.5, 0.6) is 0 Å². The first-order valence-corrected chi connectivity index (χ1v) is 7.68. The second-order valence-electron chi connectivity index (χ2n) is 5.86. The molecule has 1 aliphatic heterocycles. The number of aryl methyl sites for hydroxylation is 1. The SMILES string of the molecule is Cc1ccc(-c2ncc(F)cc2F)c2c1CCN(C(=O)N=C(N)N)C2. The third kappa shape index (κ3) is 3.28. The summed E-state index contributed by atoms with van der Waals surface area (Å²) in [5.74, 6) is -1.81. The van der Waals surface area contributed by atoms with E-state index in [1.807, 2.05) is 13.0 Å². The van der Waals surface area contributed by atoms with Crippen LogP contribution in [0.1, 0.15) is 16.7 Å². The van der Waals surface area contributed by atoms with Crippen LogP contribution in [0.3, 0.4) is 0 Å². The van der Waals surface area contributed by atoms with Crippen molar-refractivity contribution in [2.24, 2.45) is 16.5 Å². The molecule has 0 unspecified atom stereocenters. The number of carbonyl (C=O) groups is 1. The molecule has 2 heterocycles. The molecule has 4 N–H and O–H groups in total. The fourth-order valence-electron chi connectivity index (χ4n) is 3.03. The Morgan fingerprint density at radius 3 is 2.72 bits per heavy atom. The number of fused-ring (bicyclic) bond motifs is 1. The maximum Gasteiger partial charge on any atom is 0.347 e. The lowest BCUT2D eigenvalue weighted by Gasteiger charge is -2.30. The number of pyridine rings is 1. The molecule has 1 aromatic heterocycles. The predicted octanol–water partition coefficient (Wildman–Crippen LogP) is 2.09. The Bertz CT molecular complexity index is 878. The number of guanidine groups is 1. The van der Waals surface area contributed by atoms with Gasteiger partial charge in [-0.1, -0.05) is 12.1 Å². The number of aromatic nitrogens is 1. The summed E-state index contributed by atoms with van der Waals surface area (Å²) >= 11 is 0. The molecule has 2 amide bonds. The summed E-state index contributed by atoms with van der Waals surface area (Å²) in [4.78, 5) is 21.0. The summed E-state index contributed by atoms with van der Waals surface area (Å²) in [5, 5.41) is 0. The van der Waals surface area contributed by atoms with Gasteiger partial charge < -0.3 is 16.4 Å². The average Bonchev–Trinajstić information content (AvgIpc) is 2.55. The molecule has 25 heavy (non-hydrogen) atoms. The van der Waals surface area contributed by atoms with Gasteiger partial charge in [-0.25, -0.2) is 13.6 Å². The van der Waals surface area contributed by atoms with Gasteiger partial charge in [-0.05, 0) is 30.0 Å². The number of halogens is 2. The quantitative estimate of drug-likeness (QED) is 0.611. The molecular formula is C17H17F2N5O. The highest BCUT2D eigenvalue weighted by Crippen LogP contribution is 2.33. The number of urea groups is 1. The Balaban J connectivity index is 2.07. The Hall–Kier alpha value is -3.03. The largest absolute Gasteiger partial charge is 0.370 e. The van der Waals surface area contributed by atoms with E-state index in [0.717, 1.165) is 29.0 Å². The lowest BCUT2D eigenvalue weighted by atomic mass is 9.89. The normalized spacial score (nSPS) is 13.3. The molecule has 3 rings (SSSR count). The van der Waals surface area contributed by atoms with Gasteiger partial charge in [0.15, 0.2) is 11.8 Å². The maximum absolute atomic E-state index is 14.2. The average molecular weight is 345 g/mol. The zero-order valence-electron chi connectivity index (χ0n) is 13.6. The molecule has 0 spiro atoms. The van der Waals surface area contributed by atoms with Crippen molar-refractivity contribution in [3.8, 4) is 11.3 Å². The van der Waals surface area contributed by atoms with E-state index in [4.69, 9.17) is 11.5 Å². The third-order valence-electron chi connectivity index (χ3n) is 4.20. The van der Waals surface area contributed by atoms with Crippen LogP contribution in [0.15, 0.2) is 29.4 Å². The van der Waals surface area contributed by atoms with Crippen molar-refractivity contribution in [3.63, 3.8) is 0 Å². The lowest BCUT2D eigenvalue weighted by Crippen LogP contribution is -2.37. The number of carbonyl (C=O) groups excluding carboxylic acids is 1. The summed E-state index contributed by atoms with van der Waals surface area (Å²) < 4.78 is 27.4. The van der Waals surface area contributed by atoms with E-state index in [0.29, 0.717) is 18.5 Å². The third-order valence-corrected chi connectivity index (χ3v) is 4.20. The predicted molar refractivity (Wildman–Crippen MR) is 89.6 cm³/mol. The number of aliphatic imine (C=N–C) groups is 1. The van der Waals surface area contributed by atoms with E-state index in [1.165, 1.54) is 4.90 Å². The van der Waals surface area contributed by atoms with Gasteiger partial charge >= 0.3 is 6.03 Å². The molecule has 0 fully saturated rings. The van der Waals surface area contributed by atoms with Crippen molar-refractivity contribution in [1.29, 1.82) is 0 Å². The number of rotatable bonds is 1. The first kappa shape index (κ1) is 16.8. The molecule has 1 aromatic carbocycles. The van der Waals surface area contributed by atoms with E-state index in [2.05, 4.69) is 9.98 Å². The molecule has 0 radical (unpaired) electrons. The smallest absolute Gasteiger partial charge is 0.347 e. The Kier molecular flexibility index (Phi) is 4.35. The number of benzene rings is 1. The molecule has 0 aliphatic carbocycles. The van der Waals surface area contributed by atoms with E-state index < -0.39 is 17.7 Å². The molecule has 0 saturated heterocycles. The van der Waals surface area contributed by atoms with E-state index in [9.17, 15) is 13.6 Å². The van der Waals surface area contributed by atoms with Crippen molar-refractivity contribution < 1.29 is 13.6 Å². The van der Waals surface area contributed by atoms with Gasteiger partial charge in [-0.15, -0.1) is 0 Å². The second kappa shape index (κ2) is 6.46. The van der Waals surface area contributed by atoms with Crippen molar-refractivity contribution in [2.45, 2.75) is 19.9 Å².